The van der Waals surface area contributed by atoms with Gasteiger partial charge in [-0.15, -0.1) is 8.42 Å². The zero-order chi connectivity index (χ0) is 22.1. The molecular formula is C24H22N2O4S. The summed E-state index contributed by atoms with van der Waals surface area (Å²) in [6.45, 7) is 0. The van der Waals surface area contributed by atoms with Crippen LogP contribution in [0.5, 0.6) is 11.5 Å². The maximum atomic E-state index is 11.7. The quantitative estimate of drug-likeness (QED) is 0.433. The molecule has 0 amide bonds. The molecule has 4 rings (SSSR count). The highest BCUT2D eigenvalue weighted by Gasteiger charge is 2.15. The van der Waals surface area contributed by atoms with Crippen LogP contribution in [0.4, 0.5) is 11.4 Å². The topological polar surface area (TPSA) is 105 Å². The van der Waals surface area contributed by atoms with Crippen LogP contribution < -0.4 is 19.8 Å². The Labute approximate surface area is 182 Å². The average molecular weight is 435 g/mol. The van der Waals surface area contributed by atoms with Gasteiger partial charge < -0.3 is 19.8 Å². The molecule has 0 atom stereocenters. The molecule has 7 heteroatoms. The van der Waals surface area contributed by atoms with Gasteiger partial charge in [0.2, 0.25) is 0 Å². The Bertz CT molecular complexity index is 1120. The summed E-state index contributed by atoms with van der Waals surface area (Å²) in [5.41, 5.74) is 14.4. The van der Waals surface area contributed by atoms with Gasteiger partial charge in [-0.05, 0) is 35.4 Å². The zero-order valence-corrected chi connectivity index (χ0v) is 17.4. The number of benzene rings is 4. The first-order chi connectivity index (χ1) is 14.9. The minimum atomic E-state index is -4.23. The lowest BCUT2D eigenvalue weighted by molar-refractivity contribution is 0.393. The van der Waals surface area contributed by atoms with E-state index in [1.807, 2.05) is 12.1 Å². The van der Waals surface area contributed by atoms with Gasteiger partial charge in [-0.25, -0.2) is 0 Å². The molecule has 0 bridgehead atoms. The van der Waals surface area contributed by atoms with Crippen molar-refractivity contribution in [3.05, 3.63) is 109 Å². The molecule has 0 radical (unpaired) electrons. The summed E-state index contributed by atoms with van der Waals surface area (Å²) in [5.74, 6) is 0.146. The number of nitrogen functional groups attached to an aromatic ring is 2. The van der Waals surface area contributed by atoms with E-state index in [1.165, 1.54) is 35.4 Å². The average Bonchev–Trinajstić information content (AvgIpc) is 2.75. The molecule has 0 aliphatic rings. The second-order valence-electron chi connectivity index (χ2n) is 6.45. The van der Waals surface area contributed by atoms with Crippen molar-refractivity contribution >= 4 is 21.8 Å². The molecule has 4 aromatic rings. The number of hydrogen-bond acceptors (Lipinski definition) is 6. The van der Waals surface area contributed by atoms with Crippen molar-refractivity contribution in [3.8, 4) is 22.6 Å². The Balaban J connectivity index is 0.000000194. The molecule has 0 spiro atoms. The van der Waals surface area contributed by atoms with E-state index in [4.69, 9.17) is 19.8 Å². The third-order valence-corrected chi connectivity index (χ3v) is 4.79. The minimum Gasteiger partial charge on any atom is -0.399 e. The first kappa shape index (κ1) is 21.7. The Morgan fingerprint density at radius 3 is 1.26 bits per heavy atom. The lowest BCUT2D eigenvalue weighted by Gasteiger charge is -2.08. The van der Waals surface area contributed by atoms with E-state index in [-0.39, 0.29) is 11.5 Å². The van der Waals surface area contributed by atoms with Crippen LogP contribution in [-0.2, 0) is 10.4 Å². The number of rotatable bonds is 5. The molecule has 6 nitrogen and oxygen atoms in total. The highest BCUT2D eigenvalue weighted by Crippen LogP contribution is 2.21. The van der Waals surface area contributed by atoms with Crippen molar-refractivity contribution in [2.75, 3.05) is 11.5 Å². The molecule has 0 unspecified atom stereocenters. The Kier molecular flexibility index (Phi) is 7.13. The fraction of sp³-hybridized carbons (Fsp3) is 0. The van der Waals surface area contributed by atoms with Crippen LogP contribution in [0.15, 0.2) is 109 Å². The fourth-order valence-corrected chi connectivity index (χ4v) is 3.36. The van der Waals surface area contributed by atoms with Crippen molar-refractivity contribution < 1.29 is 16.8 Å². The highest BCUT2D eigenvalue weighted by molar-refractivity contribution is 7.82. The first-order valence-electron chi connectivity index (χ1n) is 9.37. The monoisotopic (exact) mass is 434 g/mol. The van der Waals surface area contributed by atoms with E-state index in [0.717, 1.165) is 0 Å². The van der Waals surface area contributed by atoms with Crippen molar-refractivity contribution in [3.63, 3.8) is 0 Å². The van der Waals surface area contributed by atoms with Gasteiger partial charge in [-0.2, -0.15) is 0 Å². The number of hydrogen-bond donors (Lipinski definition) is 2. The standard InChI is InChI=1S/C12H12N2O4S.C12H10/c13-9-3-1-5-11(7-9)17-19(15,16)18-12-6-2-4-10(14)8-12;1-3-7-11(8-4-1)12-9-5-2-6-10-12/h1-8H,13-14H2;1-10H. The summed E-state index contributed by atoms with van der Waals surface area (Å²) in [6.07, 6.45) is 0. The van der Waals surface area contributed by atoms with E-state index in [1.54, 1.807) is 24.3 Å². The second-order valence-corrected chi connectivity index (χ2v) is 7.60. The Morgan fingerprint density at radius 2 is 0.903 bits per heavy atom. The van der Waals surface area contributed by atoms with Crippen LogP contribution in [-0.4, -0.2) is 8.42 Å². The second kappa shape index (κ2) is 10.2. The molecule has 4 N–H and O–H groups in total. The largest absolute Gasteiger partial charge is 0.500 e. The van der Waals surface area contributed by atoms with Gasteiger partial charge in [-0.3, -0.25) is 0 Å². The van der Waals surface area contributed by atoms with Gasteiger partial charge in [0, 0.05) is 23.5 Å². The maximum Gasteiger partial charge on any atom is 0.500 e. The predicted molar refractivity (Wildman–Crippen MR) is 124 cm³/mol. The molecule has 0 fully saturated rings. The predicted octanol–water partition coefficient (Wildman–Crippen LogP) is 4.91. The SMILES string of the molecule is Nc1cccc(OS(=O)(=O)Oc2cccc(N)c2)c1.c1ccc(-c2ccccc2)cc1. The summed E-state index contributed by atoms with van der Waals surface area (Å²) >= 11 is 0. The van der Waals surface area contributed by atoms with Crippen LogP contribution >= 0.6 is 0 Å². The van der Waals surface area contributed by atoms with E-state index >= 15 is 0 Å². The van der Waals surface area contributed by atoms with Gasteiger partial charge in [0.15, 0.2) is 0 Å². The van der Waals surface area contributed by atoms with Crippen LogP contribution in [0.2, 0.25) is 0 Å². The third-order valence-electron chi connectivity index (χ3n) is 3.99. The minimum absolute atomic E-state index is 0.0731. The third kappa shape index (κ3) is 7.09. The lowest BCUT2D eigenvalue weighted by Crippen LogP contribution is -2.16. The molecule has 0 saturated carbocycles. The number of nitrogens with two attached hydrogens (primary N) is 2. The molecule has 158 valence electrons. The van der Waals surface area contributed by atoms with Gasteiger partial charge in [0.1, 0.15) is 11.5 Å². The van der Waals surface area contributed by atoms with Crippen molar-refractivity contribution in [1.29, 1.82) is 0 Å². The summed E-state index contributed by atoms with van der Waals surface area (Å²) in [4.78, 5) is 0. The van der Waals surface area contributed by atoms with Gasteiger partial charge in [-0.1, -0.05) is 72.8 Å². The molecule has 0 heterocycles. The molecular weight excluding hydrogens is 412 g/mol. The smallest absolute Gasteiger partial charge is 0.399 e. The number of anilines is 2. The summed E-state index contributed by atoms with van der Waals surface area (Å²) in [7, 11) is -4.23. The highest BCUT2D eigenvalue weighted by atomic mass is 32.3. The molecule has 0 aliphatic carbocycles. The summed E-state index contributed by atoms with van der Waals surface area (Å²) < 4.78 is 32.8. The van der Waals surface area contributed by atoms with Crippen molar-refractivity contribution in [2.24, 2.45) is 0 Å². The Morgan fingerprint density at radius 1 is 0.516 bits per heavy atom. The van der Waals surface area contributed by atoms with E-state index in [0.29, 0.717) is 11.4 Å². The van der Waals surface area contributed by atoms with Crippen molar-refractivity contribution in [2.45, 2.75) is 0 Å². The first-order valence-corrected chi connectivity index (χ1v) is 10.7. The van der Waals surface area contributed by atoms with E-state index in [9.17, 15) is 8.42 Å². The molecule has 0 saturated heterocycles. The van der Waals surface area contributed by atoms with E-state index < -0.39 is 10.4 Å². The van der Waals surface area contributed by atoms with Crippen LogP contribution in [0.25, 0.3) is 11.1 Å². The van der Waals surface area contributed by atoms with Gasteiger partial charge >= 0.3 is 10.4 Å². The molecule has 0 aromatic heterocycles. The van der Waals surface area contributed by atoms with Crippen LogP contribution in [0, 0.1) is 0 Å². The Hall–Kier alpha value is -3.97. The van der Waals surface area contributed by atoms with Gasteiger partial charge in [0.25, 0.3) is 0 Å². The van der Waals surface area contributed by atoms with Crippen LogP contribution in [0.1, 0.15) is 0 Å². The summed E-state index contributed by atoms with van der Waals surface area (Å²) in [6, 6.07) is 32.8. The van der Waals surface area contributed by atoms with E-state index in [2.05, 4.69) is 48.5 Å². The lowest BCUT2D eigenvalue weighted by atomic mass is 10.1. The molecule has 4 aromatic carbocycles. The van der Waals surface area contributed by atoms with Crippen molar-refractivity contribution in [1.82, 2.24) is 0 Å². The molecule has 0 aliphatic heterocycles. The normalized spacial score (nSPS) is 10.5. The van der Waals surface area contributed by atoms with Crippen LogP contribution in [0.3, 0.4) is 0 Å². The maximum absolute atomic E-state index is 11.7. The zero-order valence-electron chi connectivity index (χ0n) is 16.6. The molecule has 31 heavy (non-hydrogen) atoms. The van der Waals surface area contributed by atoms with Gasteiger partial charge in [0.05, 0.1) is 0 Å². The fourth-order valence-electron chi connectivity index (χ4n) is 2.65. The summed E-state index contributed by atoms with van der Waals surface area (Å²) in [5, 5.41) is 0.